The minimum Gasteiger partial charge on any atom is -0.497 e. The largest absolute Gasteiger partial charge is 0.497 e. The van der Waals surface area contributed by atoms with E-state index in [4.69, 9.17) is 9.47 Å². The summed E-state index contributed by atoms with van der Waals surface area (Å²) in [5.41, 5.74) is 1.44. The van der Waals surface area contributed by atoms with Gasteiger partial charge >= 0.3 is 0 Å². The number of methoxy groups -OCH3 is 1. The Morgan fingerprint density at radius 3 is 2.81 bits per heavy atom. The van der Waals surface area contributed by atoms with Crippen molar-refractivity contribution in [2.24, 2.45) is 0 Å². The summed E-state index contributed by atoms with van der Waals surface area (Å²) in [6, 6.07) is 9.45. The highest BCUT2D eigenvalue weighted by atomic mass is 16.5. The number of hydrogen-bond donors (Lipinski definition) is 2. The van der Waals surface area contributed by atoms with Gasteiger partial charge in [-0.15, -0.1) is 0 Å². The number of nitrogens with one attached hydrogen (secondary N) is 2. The number of aryl methyl sites for hydroxylation is 1. The monoisotopic (exact) mass is 356 g/mol. The quantitative estimate of drug-likeness (QED) is 0.792. The van der Waals surface area contributed by atoms with E-state index in [1.54, 1.807) is 20.1 Å². The maximum absolute atomic E-state index is 12.4. The van der Waals surface area contributed by atoms with Gasteiger partial charge < -0.3 is 20.1 Å². The maximum Gasteiger partial charge on any atom is 0.270 e. The minimum atomic E-state index is -0.210. The Hall–Kier alpha value is -2.67. The predicted molar refractivity (Wildman–Crippen MR) is 98.4 cm³/mol. The van der Waals surface area contributed by atoms with Crippen molar-refractivity contribution >= 4 is 11.7 Å². The predicted octanol–water partition coefficient (Wildman–Crippen LogP) is 2.31. The van der Waals surface area contributed by atoms with Crippen LogP contribution in [0.2, 0.25) is 0 Å². The van der Waals surface area contributed by atoms with Gasteiger partial charge in [0.15, 0.2) is 0 Å². The Labute approximate surface area is 153 Å². The SMILES string of the molecule is COc1ccc(CNc2cc(C(=O)NCC3CCCO3)nc(C)n2)cc1. The first-order valence-electron chi connectivity index (χ1n) is 8.76. The number of hydrogen-bond acceptors (Lipinski definition) is 6. The van der Waals surface area contributed by atoms with Crippen LogP contribution in [0, 0.1) is 6.92 Å². The molecule has 3 rings (SSSR count). The Bertz CT molecular complexity index is 743. The highest BCUT2D eigenvalue weighted by Gasteiger charge is 2.17. The summed E-state index contributed by atoms with van der Waals surface area (Å²) >= 11 is 0. The first-order chi connectivity index (χ1) is 12.6. The molecule has 2 N–H and O–H groups in total. The van der Waals surface area contributed by atoms with E-state index in [-0.39, 0.29) is 12.0 Å². The van der Waals surface area contributed by atoms with Crippen LogP contribution in [-0.4, -0.2) is 42.2 Å². The number of nitrogens with zero attached hydrogens (tertiary/aromatic N) is 2. The number of carbonyl (C=O) groups excluding carboxylic acids is 1. The Balaban J connectivity index is 1.59. The van der Waals surface area contributed by atoms with E-state index in [1.807, 2.05) is 24.3 Å². The molecule has 1 amide bonds. The molecule has 0 aliphatic carbocycles. The van der Waals surface area contributed by atoms with Crippen molar-refractivity contribution < 1.29 is 14.3 Å². The lowest BCUT2D eigenvalue weighted by molar-refractivity contribution is 0.0853. The third kappa shape index (κ3) is 4.92. The summed E-state index contributed by atoms with van der Waals surface area (Å²) in [4.78, 5) is 20.9. The number of aromatic nitrogens is 2. The molecular formula is C19H24N4O3. The summed E-state index contributed by atoms with van der Waals surface area (Å²) in [6.45, 7) is 3.65. The molecule has 2 heterocycles. The number of rotatable bonds is 7. The second-order valence-corrected chi connectivity index (χ2v) is 6.23. The summed E-state index contributed by atoms with van der Waals surface area (Å²) in [5, 5.41) is 6.12. The zero-order valence-electron chi connectivity index (χ0n) is 15.1. The molecule has 2 aromatic rings. The lowest BCUT2D eigenvalue weighted by Crippen LogP contribution is -2.32. The number of carbonyl (C=O) groups is 1. The fraction of sp³-hybridized carbons (Fsp3) is 0.421. The van der Waals surface area contributed by atoms with Crippen molar-refractivity contribution in [3.05, 3.63) is 47.4 Å². The van der Waals surface area contributed by atoms with E-state index < -0.39 is 0 Å². The van der Waals surface area contributed by atoms with Crippen molar-refractivity contribution in [3.63, 3.8) is 0 Å². The third-order valence-electron chi connectivity index (χ3n) is 4.22. The molecule has 1 unspecified atom stereocenters. The molecule has 26 heavy (non-hydrogen) atoms. The molecule has 1 aliphatic heterocycles. The molecular weight excluding hydrogens is 332 g/mol. The molecule has 0 radical (unpaired) electrons. The van der Waals surface area contributed by atoms with Crippen molar-refractivity contribution in [3.8, 4) is 5.75 Å². The van der Waals surface area contributed by atoms with E-state index in [1.165, 1.54) is 0 Å². The van der Waals surface area contributed by atoms with E-state index >= 15 is 0 Å². The van der Waals surface area contributed by atoms with Gasteiger partial charge in [-0.1, -0.05) is 12.1 Å². The topological polar surface area (TPSA) is 85.4 Å². The van der Waals surface area contributed by atoms with E-state index in [0.29, 0.717) is 30.4 Å². The first kappa shape index (κ1) is 18.1. The highest BCUT2D eigenvalue weighted by molar-refractivity contribution is 5.92. The van der Waals surface area contributed by atoms with Gasteiger partial charge in [-0.25, -0.2) is 9.97 Å². The average Bonchev–Trinajstić information content (AvgIpc) is 3.18. The highest BCUT2D eigenvalue weighted by Crippen LogP contribution is 2.14. The zero-order valence-corrected chi connectivity index (χ0v) is 15.1. The lowest BCUT2D eigenvalue weighted by Gasteiger charge is -2.12. The van der Waals surface area contributed by atoms with Crippen LogP contribution in [0.1, 0.15) is 34.7 Å². The Kier molecular flexibility index (Phi) is 6.01. The van der Waals surface area contributed by atoms with E-state index in [9.17, 15) is 4.79 Å². The molecule has 1 fully saturated rings. The van der Waals surface area contributed by atoms with Crippen molar-refractivity contribution in [2.45, 2.75) is 32.4 Å². The molecule has 7 heteroatoms. The standard InChI is InChI=1S/C19H24N4O3/c1-13-22-17(19(24)21-12-16-4-3-9-26-16)10-18(23-13)20-11-14-5-7-15(25-2)8-6-14/h5-8,10,16H,3-4,9,11-12H2,1-2H3,(H,21,24)(H,20,22,23). The van der Waals surface area contributed by atoms with Crippen LogP contribution < -0.4 is 15.4 Å². The second kappa shape index (κ2) is 8.62. The van der Waals surface area contributed by atoms with Crippen LogP contribution in [-0.2, 0) is 11.3 Å². The Morgan fingerprint density at radius 2 is 2.12 bits per heavy atom. The molecule has 1 saturated heterocycles. The smallest absolute Gasteiger partial charge is 0.270 e. The van der Waals surface area contributed by atoms with Crippen molar-refractivity contribution in [1.82, 2.24) is 15.3 Å². The molecule has 0 bridgehead atoms. The van der Waals surface area contributed by atoms with Crippen LogP contribution in [0.25, 0.3) is 0 Å². The maximum atomic E-state index is 12.4. The van der Waals surface area contributed by atoms with Gasteiger partial charge in [0, 0.05) is 25.8 Å². The molecule has 7 nitrogen and oxygen atoms in total. The van der Waals surface area contributed by atoms with Crippen molar-refractivity contribution in [1.29, 1.82) is 0 Å². The van der Waals surface area contributed by atoms with Gasteiger partial charge in [-0.3, -0.25) is 4.79 Å². The summed E-state index contributed by atoms with van der Waals surface area (Å²) in [5.74, 6) is 1.78. The molecule has 1 aromatic carbocycles. The van der Waals surface area contributed by atoms with Crippen molar-refractivity contribution in [2.75, 3.05) is 25.6 Å². The van der Waals surface area contributed by atoms with Crippen LogP contribution in [0.5, 0.6) is 5.75 Å². The summed E-state index contributed by atoms with van der Waals surface area (Å²) in [6.07, 6.45) is 2.14. The molecule has 0 spiro atoms. The van der Waals surface area contributed by atoms with Crippen LogP contribution in [0.3, 0.4) is 0 Å². The number of anilines is 1. The normalized spacial score (nSPS) is 16.3. The van der Waals surface area contributed by atoms with Crippen LogP contribution in [0.4, 0.5) is 5.82 Å². The third-order valence-corrected chi connectivity index (χ3v) is 4.22. The number of ether oxygens (including phenoxy) is 2. The number of benzene rings is 1. The van der Waals surface area contributed by atoms with Crippen LogP contribution in [0.15, 0.2) is 30.3 Å². The van der Waals surface area contributed by atoms with Gasteiger partial charge in [0.05, 0.1) is 13.2 Å². The lowest BCUT2D eigenvalue weighted by atomic mass is 10.2. The molecule has 138 valence electrons. The second-order valence-electron chi connectivity index (χ2n) is 6.23. The van der Waals surface area contributed by atoms with Gasteiger partial charge in [-0.2, -0.15) is 0 Å². The number of amides is 1. The zero-order chi connectivity index (χ0) is 18.4. The summed E-state index contributed by atoms with van der Waals surface area (Å²) < 4.78 is 10.7. The van der Waals surface area contributed by atoms with E-state index in [2.05, 4.69) is 20.6 Å². The minimum absolute atomic E-state index is 0.106. The molecule has 0 saturated carbocycles. The first-order valence-corrected chi connectivity index (χ1v) is 8.76. The molecule has 1 aliphatic rings. The Morgan fingerprint density at radius 1 is 1.31 bits per heavy atom. The van der Waals surface area contributed by atoms with Gasteiger partial charge in [0.2, 0.25) is 0 Å². The summed E-state index contributed by atoms with van der Waals surface area (Å²) in [7, 11) is 1.64. The molecule has 1 atom stereocenters. The van der Waals surface area contributed by atoms with Gasteiger partial charge in [0.1, 0.15) is 23.1 Å². The average molecular weight is 356 g/mol. The molecule has 1 aromatic heterocycles. The van der Waals surface area contributed by atoms with Crippen LogP contribution >= 0.6 is 0 Å². The van der Waals surface area contributed by atoms with Gasteiger partial charge in [-0.05, 0) is 37.5 Å². The van der Waals surface area contributed by atoms with Gasteiger partial charge in [0.25, 0.3) is 5.91 Å². The van der Waals surface area contributed by atoms with E-state index in [0.717, 1.165) is 30.8 Å². The fourth-order valence-electron chi connectivity index (χ4n) is 2.81. The fourth-order valence-corrected chi connectivity index (χ4v) is 2.81.